The second kappa shape index (κ2) is 8.07. The molecule has 12 heteroatoms. The van der Waals surface area contributed by atoms with Gasteiger partial charge in [0.05, 0.1) is 12.1 Å². The molecule has 0 bridgehead atoms. The molecule has 0 atom stereocenters. The molecule has 3 aromatic rings. The van der Waals surface area contributed by atoms with Crippen molar-refractivity contribution in [3.05, 3.63) is 68.6 Å². The number of benzene rings is 2. The van der Waals surface area contributed by atoms with Gasteiger partial charge in [0.2, 0.25) is 0 Å². The Morgan fingerprint density at radius 2 is 1.45 bits per heavy atom. The Bertz CT molecular complexity index is 1010. The number of aromatic nitrogens is 1. The van der Waals surface area contributed by atoms with Crippen molar-refractivity contribution >= 4 is 28.6 Å². The van der Waals surface area contributed by atoms with Crippen LogP contribution in [0.25, 0.3) is 0 Å². The molecule has 29 heavy (non-hydrogen) atoms. The minimum absolute atomic E-state index is 0.0229. The number of hydrogen-bond donors (Lipinski definition) is 1. The van der Waals surface area contributed by atoms with Crippen LogP contribution < -0.4 is 10.1 Å². The van der Waals surface area contributed by atoms with E-state index in [9.17, 15) is 30.7 Å². The summed E-state index contributed by atoms with van der Waals surface area (Å²) in [6, 6.07) is 1.51. The van der Waals surface area contributed by atoms with Crippen LogP contribution in [0.15, 0.2) is 30.5 Å². The Hall–Kier alpha value is -2.53. The van der Waals surface area contributed by atoms with Crippen LogP contribution in [0.3, 0.4) is 0 Å². The zero-order chi connectivity index (χ0) is 21.3. The molecule has 0 amide bonds. The Morgan fingerprint density at radius 3 is 1.90 bits per heavy atom. The summed E-state index contributed by atoms with van der Waals surface area (Å²) >= 11 is 6.81. The van der Waals surface area contributed by atoms with E-state index in [4.69, 9.17) is 11.6 Å². The van der Waals surface area contributed by atoms with E-state index < -0.39 is 46.5 Å². The van der Waals surface area contributed by atoms with Crippen molar-refractivity contribution in [1.82, 2.24) is 4.98 Å². The lowest BCUT2D eigenvalue weighted by Gasteiger charge is -2.13. The highest BCUT2D eigenvalue weighted by Gasteiger charge is 2.33. The Kier molecular flexibility index (Phi) is 5.90. The van der Waals surface area contributed by atoms with E-state index in [1.807, 2.05) is 0 Å². The quantitative estimate of drug-likeness (QED) is 0.430. The van der Waals surface area contributed by atoms with Crippen molar-refractivity contribution in [2.24, 2.45) is 0 Å². The average molecular weight is 457 g/mol. The highest BCUT2D eigenvalue weighted by molar-refractivity contribution is 7.15. The molecule has 154 valence electrons. The van der Waals surface area contributed by atoms with Crippen LogP contribution in [0.4, 0.5) is 36.4 Å². The molecule has 1 aromatic heterocycles. The topological polar surface area (TPSA) is 34.2 Å². The summed E-state index contributed by atoms with van der Waals surface area (Å²) < 4.78 is 98.6. The smallest absolute Gasteiger partial charge is 0.416 e. The number of alkyl halides is 3. The summed E-state index contributed by atoms with van der Waals surface area (Å²) in [5.41, 5.74) is -1.63. The molecule has 1 heterocycles. The van der Waals surface area contributed by atoms with Gasteiger partial charge in [-0.25, -0.2) is 22.5 Å². The van der Waals surface area contributed by atoms with Crippen molar-refractivity contribution in [2.45, 2.75) is 12.7 Å². The van der Waals surface area contributed by atoms with Gasteiger partial charge in [0.15, 0.2) is 39.2 Å². The Labute approximate surface area is 167 Å². The first kappa shape index (κ1) is 21.2. The fourth-order valence-corrected chi connectivity index (χ4v) is 3.15. The maximum Gasteiger partial charge on any atom is 0.416 e. The van der Waals surface area contributed by atoms with Gasteiger partial charge in [-0.05, 0) is 12.1 Å². The summed E-state index contributed by atoms with van der Waals surface area (Å²) in [5, 5.41) is 2.70. The predicted octanol–water partition coefficient (Wildman–Crippen LogP) is 6.78. The predicted molar refractivity (Wildman–Crippen MR) is 92.2 cm³/mol. The zero-order valence-electron chi connectivity index (χ0n) is 13.9. The van der Waals surface area contributed by atoms with Gasteiger partial charge in [0.25, 0.3) is 0 Å². The fourth-order valence-electron chi connectivity index (χ4n) is 2.24. The highest BCUT2D eigenvalue weighted by Crippen LogP contribution is 2.37. The van der Waals surface area contributed by atoms with Crippen molar-refractivity contribution in [3.8, 4) is 11.5 Å². The van der Waals surface area contributed by atoms with Gasteiger partial charge in [-0.15, -0.1) is 11.3 Å². The first-order valence-corrected chi connectivity index (χ1v) is 8.81. The van der Waals surface area contributed by atoms with Crippen LogP contribution in [-0.2, 0) is 12.7 Å². The van der Waals surface area contributed by atoms with Crippen LogP contribution >= 0.6 is 22.9 Å². The number of nitrogens with zero attached hydrogens (tertiary/aromatic N) is 1. The minimum Gasteiger partial charge on any atom is -0.445 e. The molecule has 2 aromatic carbocycles. The molecule has 1 N–H and O–H groups in total. The third-order valence-electron chi connectivity index (χ3n) is 3.52. The summed E-state index contributed by atoms with van der Waals surface area (Å²) in [4.78, 5) is 4.47. The second-order valence-corrected chi connectivity index (χ2v) is 7.27. The molecule has 0 fully saturated rings. The third-order valence-corrected chi connectivity index (χ3v) is 4.63. The Morgan fingerprint density at radius 1 is 0.931 bits per heavy atom. The summed E-state index contributed by atoms with van der Waals surface area (Å²) in [7, 11) is 0. The zero-order valence-corrected chi connectivity index (χ0v) is 15.5. The van der Waals surface area contributed by atoms with E-state index in [0.717, 1.165) is 23.5 Å². The summed E-state index contributed by atoms with van der Waals surface area (Å²) in [5.74, 6) is -8.72. The standard InChI is InChI=1S/C17H8ClF7N2OS/c18-16-27-6-9(29-16)5-26-8-3-12(21)15(13(22)4-8)28-14-10(19)1-7(2-11(14)20)17(23,24)25/h1-4,6,26H,5H2. The fraction of sp³-hybridized carbons (Fsp3) is 0.118. The minimum atomic E-state index is -5.01. The Balaban J connectivity index is 1.83. The molecule has 3 rings (SSSR count). The van der Waals surface area contributed by atoms with Gasteiger partial charge in [-0.1, -0.05) is 11.6 Å². The van der Waals surface area contributed by atoms with Gasteiger partial charge >= 0.3 is 6.18 Å². The molecule has 0 spiro atoms. The van der Waals surface area contributed by atoms with Crippen LogP contribution in [-0.4, -0.2) is 4.98 Å². The molecule has 0 saturated heterocycles. The number of rotatable bonds is 5. The molecular weight excluding hydrogens is 449 g/mol. The van der Waals surface area contributed by atoms with Crippen LogP contribution in [0.2, 0.25) is 4.47 Å². The molecule has 0 aliphatic carbocycles. The van der Waals surface area contributed by atoms with Gasteiger partial charge in [-0.2, -0.15) is 13.2 Å². The lowest BCUT2D eigenvalue weighted by atomic mass is 10.2. The molecule has 0 unspecified atom stereocenters. The van der Waals surface area contributed by atoms with Gasteiger partial charge in [-0.3, -0.25) is 0 Å². The number of hydrogen-bond acceptors (Lipinski definition) is 4. The summed E-state index contributed by atoms with van der Waals surface area (Å²) in [6.07, 6.45) is -3.55. The van der Waals surface area contributed by atoms with E-state index in [-0.39, 0.29) is 28.8 Å². The molecule has 3 nitrogen and oxygen atoms in total. The number of thiazole rings is 1. The molecule has 0 radical (unpaired) electrons. The lowest BCUT2D eigenvalue weighted by molar-refractivity contribution is -0.138. The van der Waals surface area contributed by atoms with E-state index in [2.05, 4.69) is 15.0 Å². The number of ether oxygens (including phenoxy) is 1. The first-order chi connectivity index (χ1) is 13.5. The second-order valence-electron chi connectivity index (χ2n) is 5.57. The van der Waals surface area contributed by atoms with Crippen molar-refractivity contribution in [2.75, 3.05) is 5.32 Å². The van der Waals surface area contributed by atoms with Crippen molar-refractivity contribution < 1.29 is 35.5 Å². The lowest BCUT2D eigenvalue weighted by Crippen LogP contribution is -2.08. The van der Waals surface area contributed by atoms with Gasteiger partial charge < -0.3 is 10.1 Å². The van der Waals surface area contributed by atoms with Gasteiger partial charge in [0, 0.05) is 28.9 Å². The number of anilines is 1. The van der Waals surface area contributed by atoms with E-state index in [0.29, 0.717) is 4.88 Å². The number of nitrogens with one attached hydrogen (secondary N) is 1. The normalized spacial score (nSPS) is 11.6. The van der Waals surface area contributed by atoms with Gasteiger partial charge in [0.1, 0.15) is 0 Å². The van der Waals surface area contributed by atoms with Crippen LogP contribution in [0.5, 0.6) is 11.5 Å². The largest absolute Gasteiger partial charge is 0.445 e. The van der Waals surface area contributed by atoms with Crippen molar-refractivity contribution in [1.29, 1.82) is 0 Å². The van der Waals surface area contributed by atoms with E-state index in [1.54, 1.807) is 0 Å². The highest BCUT2D eigenvalue weighted by atomic mass is 35.5. The molecule has 0 saturated carbocycles. The molecule has 0 aliphatic heterocycles. The van der Waals surface area contributed by atoms with Crippen molar-refractivity contribution in [3.63, 3.8) is 0 Å². The summed E-state index contributed by atoms with van der Waals surface area (Å²) in [6.45, 7) is 0.144. The SMILES string of the molecule is Fc1cc(NCc2cnc(Cl)s2)cc(F)c1Oc1c(F)cc(C(F)(F)F)cc1F. The van der Waals surface area contributed by atoms with Crippen LogP contribution in [0.1, 0.15) is 10.4 Å². The monoisotopic (exact) mass is 456 g/mol. The first-order valence-electron chi connectivity index (χ1n) is 7.62. The average Bonchev–Trinajstić information content (AvgIpc) is 3.02. The molecule has 0 aliphatic rings. The van der Waals surface area contributed by atoms with E-state index in [1.165, 1.54) is 6.20 Å². The number of halogens is 8. The maximum absolute atomic E-state index is 14.2. The molecular formula is C17H8ClF7N2OS. The van der Waals surface area contributed by atoms with E-state index >= 15 is 0 Å². The third kappa shape index (κ3) is 4.91. The van der Waals surface area contributed by atoms with Crippen LogP contribution in [0, 0.1) is 23.3 Å². The maximum atomic E-state index is 14.2.